The van der Waals surface area contributed by atoms with E-state index in [9.17, 15) is 9.59 Å². The van der Waals surface area contributed by atoms with Gasteiger partial charge in [0.15, 0.2) is 0 Å². The summed E-state index contributed by atoms with van der Waals surface area (Å²) in [5.41, 5.74) is 12.8. The maximum Gasteiger partial charge on any atom is 0.410 e. The van der Waals surface area contributed by atoms with Crippen molar-refractivity contribution in [1.82, 2.24) is 4.90 Å². The summed E-state index contributed by atoms with van der Waals surface area (Å²) in [5.74, 6) is -0.414. The van der Waals surface area contributed by atoms with Gasteiger partial charge < -0.3 is 15.2 Å². The Bertz CT molecular complexity index is 1290. The first kappa shape index (κ1) is 21.6. The lowest BCUT2D eigenvalue weighted by molar-refractivity contribution is -0.0331. The molecule has 2 unspecified atom stereocenters. The number of nitrogens with two attached hydrogens (primary N) is 1. The first-order valence-corrected chi connectivity index (χ1v) is 11.9. The molecule has 0 spiro atoms. The van der Waals surface area contributed by atoms with Crippen molar-refractivity contribution in [2.75, 3.05) is 19.8 Å². The zero-order chi connectivity index (χ0) is 23.9. The van der Waals surface area contributed by atoms with Gasteiger partial charge in [-0.05, 0) is 51.9 Å². The van der Waals surface area contributed by atoms with E-state index in [0.717, 1.165) is 11.1 Å². The van der Waals surface area contributed by atoms with E-state index in [1.165, 1.54) is 22.3 Å². The zero-order valence-corrected chi connectivity index (χ0v) is 19.2. The highest BCUT2D eigenvalue weighted by Crippen LogP contribution is 2.44. The molecule has 0 aromatic heterocycles. The van der Waals surface area contributed by atoms with Gasteiger partial charge in [-0.25, -0.2) is 4.79 Å². The fraction of sp³-hybridized carbons (Fsp3) is 0.241. The lowest BCUT2D eigenvalue weighted by Crippen LogP contribution is -2.56. The van der Waals surface area contributed by atoms with E-state index in [1.807, 2.05) is 41.3 Å². The second-order valence-corrected chi connectivity index (χ2v) is 9.31. The molecule has 3 aliphatic rings. The first-order valence-electron chi connectivity index (χ1n) is 11.9. The van der Waals surface area contributed by atoms with Crippen molar-refractivity contribution in [2.24, 2.45) is 5.73 Å². The molecule has 6 nitrogen and oxygen atoms in total. The lowest BCUT2D eigenvalue weighted by atomic mass is 9.90. The summed E-state index contributed by atoms with van der Waals surface area (Å²) in [6.45, 7) is 1.20. The van der Waals surface area contributed by atoms with Gasteiger partial charge in [-0.3, -0.25) is 9.69 Å². The summed E-state index contributed by atoms with van der Waals surface area (Å²) in [6, 6.07) is 23.7. The molecular formula is C29H26N2O4. The largest absolute Gasteiger partial charge is 0.448 e. The van der Waals surface area contributed by atoms with Crippen LogP contribution in [0.1, 0.15) is 39.4 Å². The second-order valence-electron chi connectivity index (χ2n) is 9.31. The molecule has 1 saturated heterocycles. The summed E-state index contributed by atoms with van der Waals surface area (Å²) >= 11 is 0. The summed E-state index contributed by atoms with van der Waals surface area (Å²) < 4.78 is 11.7. The van der Waals surface area contributed by atoms with Gasteiger partial charge in [-0.2, -0.15) is 0 Å². The molecule has 2 N–H and O–H groups in total. The Morgan fingerprint density at radius 1 is 0.914 bits per heavy atom. The third-order valence-electron chi connectivity index (χ3n) is 7.29. The minimum atomic E-state index is -0.444. The van der Waals surface area contributed by atoms with E-state index < -0.39 is 5.91 Å². The van der Waals surface area contributed by atoms with Crippen molar-refractivity contribution in [1.29, 1.82) is 0 Å². The summed E-state index contributed by atoms with van der Waals surface area (Å²) in [6.07, 6.45) is 2.44. The van der Waals surface area contributed by atoms with Crippen LogP contribution in [0.25, 0.3) is 16.7 Å². The Labute approximate surface area is 204 Å². The first-order chi connectivity index (χ1) is 17.1. The number of morpholine rings is 1. The molecule has 3 aromatic carbocycles. The normalized spacial score (nSPS) is 20.6. The summed E-state index contributed by atoms with van der Waals surface area (Å²) in [5, 5.41) is 0. The van der Waals surface area contributed by atoms with Gasteiger partial charge in [0, 0.05) is 11.5 Å². The van der Waals surface area contributed by atoms with E-state index in [-0.39, 0.29) is 24.1 Å². The molecule has 35 heavy (non-hydrogen) atoms. The van der Waals surface area contributed by atoms with Crippen LogP contribution < -0.4 is 5.73 Å². The second kappa shape index (κ2) is 8.71. The average molecular weight is 467 g/mol. The smallest absolute Gasteiger partial charge is 0.410 e. The zero-order valence-electron chi connectivity index (χ0n) is 19.2. The van der Waals surface area contributed by atoms with Crippen molar-refractivity contribution >= 4 is 17.6 Å². The minimum absolute atomic E-state index is 0.0297. The molecule has 2 heterocycles. The molecule has 2 amide bonds. The van der Waals surface area contributed by atoms with E-state index in [1.54, 1.807) is 12.1 Å². The minimum Gasteiger partial charge on any atom is -0.448 e. The molecule has 1 fully saturated rings. The number of carbonyl (C=O) groups is 2. The number of fused-ring (bicyclic) bond motifs is 5. The molecule has 6 heteroatoms. The van der Waals surface area contributed by atoms with E-state index in [4.69, 9.17) is 15.2 Å². The number of rotatable bonds is 4. The van der Waals surface area contributed by atoms with Crippen LogP contribution in [0.15, 0.2) is 78.9 Å². The van der Waals surface area contributed by atoms with Crippen LogP contribution in [-0.4, -0.2) is 48.8 Å². The molecule has 2 atom stereocenters. The number of hydrogen-bond donors (Lipinski definition) is 1. The SMILES string of the molecule is NC(=O)c1ccc(C2=CC3COCC(C2)N3C(=O)OCC2c3ccccc3-c3ccccc32)cc1. The molecule has 2 bridgehead atoms. The molecule has 176 valence electrons. The van der Waals surface area contributed by atoms with Gasteiger partial charge in [0.25, 0.3) is 0 Å². The van der Waals surface area contributed by atoms with Crippen LogP contribution in [0.2, 0.25) is 0 Å². The van der Waals surface area contributed by atoms with Crippen LogP contribution in [0.4, 0.5) is 4.79 Å². The number of hydrogen-bond acceptors (Lipinski definition) is 4. The number of amides is 2. The maximum absolute atomic E-state index is 13.3. The summed E-state index contributed by atoms with van der Waals surface area (Å²) in [4.78, 5) is 26.5. The van der Waals surface area contributed by atoms with Gasteiger partial charge in [-0.1, -0.05) is 66.7 Å². The molecule has 6 rings (SSSR count). The van der Waals surface area contributed by atoms with Crippen LogP contribution in [0, 0.1) is 0 Å². The standard InChI is InChI=1S/C29H26N2O4/c30-28(32)19-11-9-18(10-12-19)20-13-21-15-34-16-22(14-20)31(21)29(33)35-17-27-25-7-3-1-5-23(25)24-6-2-4-8-26(24)27/h1-13,21-22,27H,14-17H2,(H2,30,32). The molecule has 2 aliphatic heterocycles. The Morgan fingerprint density at radius 2 is 1.57 bits per heavy atom. The fourth-order valence-corrected chi connectivity index (χ4v) is 5.61. The topological polar surface area (TPSA) is 81.9 Å². The van der Waals surface area contributed by atoms with Gasteiger partial charge in [0.05, 0.1) is 25.3 Å². The number of primary amides is 1. The van der Waals surface area contributed by atoms with Gasteiger partial charge in [0.2, 0.25) is 5.91 Å². The molecule has 3 aromatic rings. The number of benzene rings is 3. The fourth-order valence-electron chi connectivity index (χ4n) is 5.61. The van der Waals surface area contributed by atoms with Gasteiger partial charge in [-0.15, -0.1) is 0 Å². The number of nitrogens with zero attached hydrogens (tertiary/aromatic N) is 1. The molecular weight excluding hydrogens is 440 g/mol. The van der Waals surface area contributed by atoms with Crippen molar-refractivity contribution in [3.05, 3.63) is 101 Å². The third-order valence-corrected chi connectivity index (χ3v) is 7.29. The summed E-state index contributed by atoms with van der Waals surface area (Å²) in [7, 11) is 0. The molecule has 0 radical (unpaired) electrons. The van der Waals surface area contributed by atoms with Crippen LogP contribution in [0.3, 0.4) is 0 Å². The quantitative estimate of drug-likeness (QED) is 0.610. The Morgan fingerprint density at radius 3 is 2.20 bits per heavy atom. The lowest BCUT2D eigenvalue weighted by Gasteiger charge is -2.44. The van der Waals surface area contributed by atoms with Crippen molar-refractivity contribution in [2.45, 2.75) is 24.4 Å². The van der Waals surface area contributed by atoms with Crippen LogP contribution in [-0.2, 0) is 9.47 Å². The number of carbonyl (C=O) groups excluding carboxylic acids is 2. The maximum atomic E-state index is 13.3. The van der Waals surface area contributed by atoms with Crippen LogP contribution in [0.5, 0.6) is 0 Å². The molecule has 0 saturated carbocycles. The highest BCUT2D eigenvalue weighted by atomic mass is 16.6. The van der Waals surface area contributed by atoms with Crippen LogP contribution >= 0.6 is 0 Å². The highest BCUT2D eigenvalue weighted by Gasteiger charge is 2.40. The highest BCUT2D eigenvalue weighted by molar-refractivity contribution is 5.93. The third kappa shape index (κ3) is 3.80. The molecule has 1 aliphatic carbocycles. The van der Waals surface area contributed by atoms with Gasteiger partial charge in [0.1, 0.15) is 6.61 Å². The van der Waals surface area contributed by atoms with Crippen molar-refractivity contribution in [3.63, 3.8) is 0 Å². The predicted octanol–water partition coefficient (Wildman–Crippen LogP) is 4.59. The van der Waals surface area contributed by atoms with E-state index in [2.05, 4.69) is 30.3 Å². The Hall–Kier alpha value is -3.90. The predicted molar refractivity (Wildman–Crippen MR) is 133 cm³/mol. The average Bonchev–Trinajstić information content (AvgIpc) is 3.20. The van der Waals surface area contributed by atoms with Crippen molar-refractivity contribution < 1.29 is 19.1 Å². The van der Waals surface area contributed by atoms with E-state index in [0.29, 0.717) is 31.8 Å². The Balaban J connectivity index is 1.20. The Kier molecular flexibility index (Phi) is 5.38. The van der Waals surface area contributed by atoms with E-state index >= 15 is 0 Å². The number of ether oxygens (including phenoxy) is 2. The monoisotopic (exact) mass is 466 g/mol. The van der Waals surface area contributed by atoms with Gasteiger partial charge >= 0.3 is 6.09 Å². The van der Waals surface area contributed by atoms with Crippen molar-refractivity contribution in [3.8, 4) is 11.1 Å².